The number of aldehydes is 1. The van der Waals surface area contributed by atoms with Crippen LogP contribution >= 0.6 is 0 Å². The number of amides is 1. The lowest BCUT2D eigenvalue weighted by Crippen LogP contribution is -2.19. The summed E-state index contributed by atoms with van der Waals surface area (Å²) in [6, 6.07) is 7.01. The normalized spacial score (nSPS) is 9.31. The summed E-state index contributed by atoms with van der Waals surface area (Å²) < 4.78 is 0. The van der Waals surface area contributed by atoms with E-state index in [9.17, 15) is 9.59 Å². The van der Waals surface area contributed by atoms with Crippen molar-refractivity contribution in [1.29, 1.82) is 0 Å². The molecule has 0 fully saturated rings. The maximum absolute atomic E-state index is 11.0. The second kappa shape index (κ2) is 4.40. The predicted molar refractivity (Wildman–Crippen MR) is 49.6 cm³/mol. The van der Waals surface area contributed by atoms with Crippen molar-refractivity contribution in [3.05, 3.63) is 35.4 Å². The zero-order valence-electron chi connectivity index (χ0n) is 7.41. The van der Waals surface area contributed by atoms with Gasteiger partial charge in [-0.1, -0.05) is 18.2 Å². The maximum atomic E-state index is 11.0. The molecule has 1 amide bonds. The van der Waals surface area contributed by atoms with Gasteiger partial charge in [0, 0.05) is 12.6 Å². The van der Waals surface area contributed by atoms with Crippen LogP contribution in [0, 0.1) is 0 Å². The molecule has 0 aliphatic heterocycles. The van der Waals surface area contributed by atoms with E-state index in [1.54, 1.807) is 25.2 Å². The van der Waals surface area contributed by atoms with Crippen LogP contribution < -0.4 is 5.32 Å². The minimum absolute atomic E-state index is 0.0527. The fraction of sp³-hybridized carbons (Fsp3) is 0.200. The molecule has 0 heterocycles. The summed E-state index contributed by atoms with van der Waals surface area (Å²) in [4.78, 5) is 21.4. The number of rotatable bonds is 3. The Hall–Kier alpha value is -1.64. The molecule has 0 saturated heterocycles. The summed E-state index contributed by atoms with van der Waals surface area (Å²) >= 11 is 0. The average molecular weight is 177 g/mol. The van der Waals surface area contributed by atoms with Crippen molar-refractivity contribution in [2.24, 2.45) is 0 Å². The van der Waals surface area contributed by atoms with Gasteiger partial charge in [-0.3, -0.25) is 9.59 Å². The van der Waals surface area contributed by atoms with Crippen LogP contribution in [-0.4, -0.2) is 19.2 Å². The summed E-state index contributed by atoms with van der Waals surface area (Å²) in [6.45, 7) is 0. The highest BCUT2D eigenvalue weighted by molar-refractivity contribution is 5.80. The van der Waals surface area contributed by atoms with Crippen LogP contribution in [0.25, 0.3) is 0 Å². The van der Waals surface area contributed by atoms with E-state index in [4.69, 9.17) is 0 Å². The molecule has 68 valence electrons. The molecular formula is C10H11NO2. The van der Waals surface area contributed by atoms with Gasteiger partial charge in [0.2, 0.25) is 5.91 Å². The molecule has 0 radical (unpaired) electrons. The van der Waals surface area contributed by atoms with Crippen molar-refractivity contribution in [2.45, 2.75) is 6.42 Å². The van der Waals surface area contributed by atoms with Gasteiger partial charge in [-0.2, -0.15) is 0 Å². The molecule has 1 rings (SSSR count). The third-order valence-electron chi connectivity index (χ3n) is 1.73. The number of carbonyl (C=O) groups is 2. The van der Waals surface area contributed by atoms with E-state index in [1.807, 2.05) is 6.07 Å². The Labute approximate surface area is 76.8 Å². The monoisotopic (exact) mass is 177 g/mol. The second-order valence-corrected chi connectivity index (χ2v) is 2.71. The van der Waals surface area contributed by atoms with Crippen molar-refractivity contribution >= 4 is 12.2 Å². The van der Waals surface area contributed by atoms with Gasteiger partial charge < -0.3 is 5.32 Å². The van der Waals surface area contributed by atoms with E-state index in [-0.39, 0.29) is 5.91 Å². The lowest BCUT2D eigenvalue weighted by atomic mass is 10.1. The van der Waals surface area contributed by atoms with E-state index in [2.05, 4.69) is 5.32 Å². The molecule has 1 N–H and O–H groups in total. The fourth-order valence-corrected chi connectivity index (χ4v) is 1.05. The Morgan fingerprint density at radius 1 is 1.54 bits per heavy atom. The van der Waals surface area contributed by atoms with Crippen LogP contribution in [0.1, 0.15) is 15.9 Å². The highest BCUT2D eigenvalue weighted by atomic mass is 16.1. The van der Waals surface area contributed by atoms with Crippen molar-refractivity contribution in [2.75, 3.05) is 7.05 Å². The van der Waals surface area contributed by atoms with Crippen molar-refractivity contribution < 1.29 is 9.59 Å². The van der Waals surface area contributed by atoms with Crippen LogP contribution in [0.3, 0.4) is 0 Å². The quantitative estimate of drug-likeness (QED) is 0.694. The molecule has 0 spiro atoms. The third-order valence-corrected chi connectivity index (χ3v) is 1.73. The molecule has 0 aromatic heterocycles. The van der Waals surface area contributed by atoms with E-state index in [0.29, 0.717) is 12.0 Å². The number of benzene rings is 1. The Balaban J connectivity index is 2.77. The molecule has 0 saturated carbocycles. The fourth-order valence-electron chi connectivity index (χ4n) is 1.05. The first-order valence-electron chi connectivity index (χ1n) is 4.01. The molecule has 1 aromatic rings. The highest BCUT2D eigenvalue weighted by Crippen LogP contribution is 2.03. The number of nitrogens with one attached hydrogen (secondary N) is 1. The average Bonchev–Trinajstić information content (AvgIpc) is 2.18. The molecule has 0 aliphatic carbocycles. The van der Waals surface area contributed by atoms with Gasteiger partial charge in [0.05, 0.1) is 6.42 Å². The molecule has 1 aromatic carbocycles. The minimum atomic E-state index is -0.0527. The van der Waals surface area contributed by atoms with Crippen LogP contribution in [0.2, 0.25) is 0 Å². The van der Waals surface area contributed by atoms with E-state index < -0.39 is 0 Å². The van der Waals surface area contributed by atoms with Crippen molar-refractivity contribution in [3.63, 3.8) is 0 Å². The van der Waals surface area contributed by atoms with Gasteiger partial charge in [0.25, 0.3) is 0 Å². The smallest absolute Gasteiger partial charge is 0.224 e. The Morgan fingerprint density at radius 2 is 2.31 bits per heavy atom. The molecule has 0 atom stereocenters. The third kappa shape index (κ3) is 2.71. The predicted octanol–water partition coefficient (Wildman–Crippen LogP) is 0.788. The second-order valence-electron chi connectivity index (χ2n) is 2.71. The van der Waals surface area contributed by atoms with Crippen LogP contribution in [0.5, 0.6) is 0 Å². The standard InChI is InChI=1S/C10H11NO2/c1-11-10(13)6-8-3-2-4-9(5-8)7-12/h2-5,7H,6H2,1H3,(H,11,13). The number of hydrogen-bond donors (Lipinski definition) is 1. The topological polar surface area (TPSA) is 46.2 Å². The van der Waals surface area contributed by atoms with Crippen molar-refractivity contribution in [1.82, 2.24) is 5.32 Å². The molecule has 3 heteroatoms. The van der Waals surface area contributed by atoms with Gasteiger partial charge >= 0.3 is 0 Å². The van der Waals surface area contributed by atoms with Crippen LogP contribution in [-0.2, 0) is 11.2 Å². The molecule has 0 aliphatic rings. The highest BCUT2D eigenvalue weighted by Gasteiger charge is 2.00. The number of likely N-dealkylation sites (N-methyl/N-ethyl adjacent to an activating group) is 1. The Kier molecular flexibility index (Phi) is 3.20. The summed E-state index contributed by atoms with van der Waals surface area (Å²) in [5.41, 5.74) is 1.45. The van der Waals surface area contributed by atoms with E-state index in [1.165, 1.54) is 0 Å². The van der Waals surface area contributed by atoms with Gasteiger partial charge in [-0.15, -0.1) is 0 Å². The largest absolute Gasteiger partial charge is 0.359 e. The Morgan fingerprint density at radius 3 is 2.92 bits per heavy atom. The first-order valence-corrected chi connectivity index (χ1v) is 4.01. The molecule has 0 bridgehead atoms. The lowest BCUT2D eigenvalue weighted by Gasteiger charge is -2.00. The Bertz CT molecular complexity index is 320. The number of hydrogen-bond acceptors (Lipinski definition) is 2. The first-order chi connectivity index (χ1) is 6.26. The van der Waals surface area contributed by atoms with Crippen LogP contribution in [0.15, 0.2) is 24.3 Å². The lowest BCUT2D eigenvalue weighted by molar-refractivity contribution is -0.119. The zero-order chi connectivity index (χ0) is 9.68. The first kappa shape index (κ1) is 9.45. The summed E-state index contributed by atoms with van der Waals surface area (Å²) in [7, 11) is 1.59. The SMILES string of the molecule is CNC(=O)Cc1cccc(C=O)c1. The van der Waals surface area contributed by atoms with Gasteiger partial charge in [0.15, 0.2) is 0 Å². The molecule has 0 unspecified atom stereocenters. The maximum Gasteiger partial charge on any atom is 0.224 e. The zero-order valence-corrected chi connectivity index (χ0v) is 7.41. The summed E-state index contributed by atoms with van der Waals surface area (Å²) in [5, 5.41) is 2.52. The van der Waals surface area contributed by atoms with Crippen molar-refractivity contribution in [3.8, 4) is 0 Å². The molecular weight excluding hydrogens is 166 g/mol. The van der Waals surface area contributed by atoms with Crippen LogP contribution in [0.4, 0.5) is 0 Å². The molecule has 13 heavy (non-hydrogen) atoms. The van der Waals surface area contributed by atoms with Gasteiger partial charge in [-0.05, 0) is 11.6 Å². The number of carbonyl (C=O) groups excluding carboxylic acids is 2. The summed E-state index contributed by atoms with van der Waals surface area (Å²) in [6.07, 6.45) is 1.09. The van der Waals surface area contributed by atoms with E-state index in [0.717, 1.165) is 11.8 Å². The van der Waals surface area contributed by atoms with Gasteiger partial charge in [0.1, 0.15) is 6.29 Å². The minimum Gasteiger partial charge on any atom is -0.359 e. The van der Waals surface area contributed by atoms with Gasteiger partial charge in [-0.25, -0.2) is 0 Å². The molecule has 3 nitrogen and oxygen atoms in total. The summed E-state index contributed by atoms with van der Waals surface area (Å²) in [5.74, 6) is -0.0527. The van der Waals surface area contributed by atoms with E-state index >= 15 is 0 Å².